The van der Waals surface area contributed by atoms with E-state index < -0.39 is 0 Å². The van der Waals surface area contributed by atoms with Gasteiger partial charge in [-0.1, -0.05) is 13.8 Å². The van der Waals surface area contributed by atoms with Crippen LogP contribution in [0, 0.1) is 0 Å². The van der Waals surface area contributed by atoms with E-state index in [2.05, 4.69) is 29.5 Å². The Bertz CT molecular complexity index is 517. The number of nitrogens with zero attached hydrogens (tertiary/aromatic N) is 2. The van der Waals surface area contributed by atoms with E-state index >= 15 is 0 Å². The van der Waals surface area contributed by atoms with Crippen molar-refractivity contribution in [1.82, 2.24) is 15.6 Å². The van der Waals surface area contributed by atoms with Gasteiger partial charge in [0.15, 0.2) is 5.13 Å². The lowest BCUT2D eigenvalue weighted by Crippen LogP contribution is -2.58. The molecular formula is C14H22N4O2S. The molecule has 2 rings (SSSR count). The summed E-state index contributed by atoms with van der Waals surface area (Å²) in [4.78, 5) is 30.8. The van der Waals surface area contributed by atoms with Gasteiger partial charge in [0.25, 0.3) is 0 Å². The molecule has 2 unspecified atom stereocenters. The molecule has 0 radical (unpaired) electrons. The number of amides is 2. The average molecular weight is 310 g/mol. The summed E-state index contributed by atoms with van der Waals surface area (Å²) in [5.41, 5.74) is 0. The third kappa shape index (κ3) is 3.59. The minimum absolute atomic E-state index is 0.188. The molecule has 0 spiro atoms. The van der Waals surface area contributed by atoms with Crippen molar-refractivity contribution in [3.8, 4) is 0 Å². The Balaban J connectivity index is 2.15. The fourth-order valence-electron chi connectivity index (χ4n) is 2.34. The van der Waals surface area contributed by atoms with Crippen molar-refractivity contribution in [1.29, 1.82) is 0 Å². The molecule has 0 bridgehead atoms. The number of anilines is 1. The normalized spacial score (nSPS) is 20.5. The molecule has 1 fully saturated rings. The molecular weight excluding hydrogens is 288 g/mol. The molecule has 21 heavy (non-hydrogen) atoms. The van der Waals surface area contributed by atoms with Gasteiger partial charge in [-0.3, -0.25) is 14.9 Å². The number of rotatable bonds is 6. The molecule has 1 aromatic heterocycles. The van der Waals surface area contributed by atoms with Gasteiger partial charge in [0, 0.05) is 17.1 Å². The zero-order valence-electron chi connectivity index (χ0n) is 12.7. The number of carbonyl (C=O) groups excluding carboxylic acids is 2. The predicted octanol–water partition coefficient (Wildman–Crippen LogP) is 1.45. The van der Waals surface area contributed by atoms with Crippen molar-refractivity contribution in [3.05, 3.63) is 11.1 Å². The van der Waals surface area contributed by atoms with Crippen molar-refractivity contribution < 1.29 is 9.59 Å². The Morgan fingerprint density at radius 3 is 2.95 bits per heavy atom. The van der Waals surface area contributed by atoms with E-state index in [0.717, 1.165) is 23.0 Å². The first-order valence-corrected chi connectivity index (χ1v) is 8.17. The predicted molar refractivity (Wildman–Crippen MR) is 83.4 cm³/mol. The van der Waals surface area contributed by atoms with Crippen molar-refractivity contribution in [3.63, 3.8) is 0 Å². The molecule has 2 atom stereocenters. The van der Waals surface area contributed by atoms with Gasteiger partial charge in [-0.25, -0.2) is 4.98 Å². The van der Waals surface area contributed by atoms with Gasteiger partial charge in [0.2, 0.25) is 11.8 Å². The van der Waals surface area contributed by atoms with Crippen LogP contribution in [0.1, 0.15) is 44.5 Å². The van der Waals surface area contributed by atoms with Crippen LogP contribution in [-0.2, 0) is 9.59 Å². The Hall–Kier alpha value is -1.47. The summed E-state index contributed by atoms with van der Waals surface area (Å²) < 4.78 is 0. The van der Waals surface area contributed by atoms with Gasteiger partial charge < -0.3 is 10.2 Å². The van der Waals surface area contributed by atoms with Crippen LogP contribution in [0.4, 0.5) is 5.13 Å². The number of thiazole rings is 1. The van der Waals surface area contributed by atoms with Crippen LogP contribution < -0.4 is 15.5 Å². The number of nitrogens with one attached hydrogen (secondary N) is 2. The molecule has 0 saturated carbocycles. The van der Waals surface area contributed by atoms with Crippen LogP contribution in [0.25, 0.3) is 0 Å². The van der Waals surface area contributed by atoms with E-state index in [-0.39, 0.29) is 30.4 Å². The third-order valence-corrected chi connectivity index (χ3v) is 4.74. The van der Waals surface area contributed by atoms with Crippen LogP contribution in [-0.4, -0.2) is 35.9 Å². The van der Waals surface area contributed by atoms with Crippen LogP contribution in [0.15, 0.2) is 6.20 Å². The largest absolute Gasteiger partial charge is 0.327 e. The molecule has 2 amide bonds. The highest BCUT2D eigenvalue weighted by Crippen LogP contribution is 2.29. The van der Waals surface area contributed by atoms with Gasteiger partial charge >= 0.3 is 0 Å². The summed E-state index contributed by atoms with van der Waals surface area (Å²) in [5, 5.41) is 6.54. The van der Waals surface area contributed by atoms with Crippen LogP contribution in [0.5, 0.6) is 0 Å². The highest BCUT2D eigenvalue weighted by atomic mass is 32.1. The molecule has 2 N–H and O–H groups in total. The molecule has 1 aliphatic rings. The smallest absolute Gasteiger partial charge is 0.249 e. The summed E-state index contributed by atoms with van der Waals surface area (Å²) in [7, 11) is 0. The van der Waals surface area contributed by atoms with Crippen molar-refractivity contribution >= 4 is 28.3 Å². The quantitative estimate of drug-likeness (QED) is 0.778. The lowest BCUT2D eigenvalue weighted by molar-refractivity contribution is -0.132. The highest BCUT2D eigenvalue weighted by molar-refractivity contribution is 7.15. The zero-order valence-corrected chi connectivity index (χ0v) is 13.5. The second kappa shape index (κ2) is 7.00. The molecule has 1 aliphatic heterocycles. The van der Waals surface area contributed by atoms with Crippen LogP contribution in [0.3, 0.4) is 0 Å². The first-order chi connectivity index (χ1) is 10.1. The number of hydrogen-bond acceptors (Lipinski definition) is 6. The molecule has 7 heteroatoms. The maximum atomic E-state index is 11.9. The average Bonchev–Trinajstić information content (AvgIpc) is 2.93. The first-order valence-electron chi connectivity index (χ1n) is 7.36. The van der Waals surface area contributed by atoms with Crippen molar-refractivity contribution in [2.75, 3.05) is 18.0 Å². The summed E-state index contributed by atoms with van der Waals surface area (Å²) in [6.07, 6.45) is 3.56. The number of piperazine rings is 1. The maximum absolute atomic E-state index is 11.9. The molecule has 1 saturated heterocycles. The summed E-state index contributed by atoms with van der Waals surface area (Å²) in [5.74, 6) is -0.499. The van der Waals surface area contributed by atoms with Crippen molar-refractivity contribution in [2.24, 2.45) is 0 Å². The summed E-state index contributed by atoms with van der Waals surface area (Å²) in [6.45, 7) is 7.30. The highest BCUT2D eigenvalue weighted by Gasteiger charge is 2.34. The number of hydrogen-bond donors (Lipinski definition) is 2. The van der Waals surface area contributed by atoms with Gasteiger partial charge in [0.05, 0.1) is 0 Å². The Morgan fingerprint density at radius 2 is 2.29 bits per heavy atom. The van der Waals surface area contributed by atoms with Gasteiger partial charge in [0.1, 0.15) is 12.6 Å². The van der Waals surface area contributed by atoms with E-state index in [0.29, 0.717) is 6.42 Å². The third-order valence-electron chi connectivity index (χ3n) is 3.53. The summed E-state index contributed by atoms with van der Waals surface area (Å²) >= 11 is 1.54. The van der Waals surface area contributed by atoms with Gasteiger partial charge in [-0.2, -0.15) is 0 Å². The van der Waals surface area contributed by atoms with E-state index in [1.807, 2.05) is 18.0 Å². The monoisotopic (exact) mass is 310 g/mol. The lowest BCUT2D eigenvalue weighted by Gasteiger charge is -2.33. The zero-order chi connectivity index (χ0) is 15.4. The molecule has 2 heterocycles. The van der Waals surface area contributed by atoms with E-state index in [1.165, 1.54) is 0 Å². The molecule has 6 nitrogen and oxygen atoms in total. The number of carbonyl (C=O) groups is 2. The minimum Gasteiger partial charge on any atom is -0.327 e. The molecule has 0 aromatic carbocycles. The first kappa shape index (κ1) is 15.9. The van der Waals surface area contributed by atoms with Gasteiger partial charge in [-0.05, 0) is 26.3 Å². The van der Waals surface area contributed by atoms with Crippen LogP contribution >= 0.6 is 11.3 Å². The Morgan fingerprint density at radius 1 is 1.52 bits per heavy atom. The lowest BCUT2D eigenvalue weighted by atomic mass is 10.1. The van der Waals surface area contributed by atoms with Crippen LogP contribution in [0.2, 0.25) is 0 Å². The Kier molecular flexibility index (Phi) is 5.30. The minimum atomic E-state index is -0.319. The fraction of sp³-hybridized carbons (Fsp3) is 0.643. The standard InChI is InChI=1S/C14H22N4O2S/c1-4-6-15-9(3)11-7-16-14(21-11)18-8-12(19)17-13(20)10(18)5-2/h7,9-10,15H,4-6,8H2,1-3H3,(H,17,19,20). The SMILES string of the molecule is CCCNC(C)c1cnc(N2CC(=O)NC(=O)C2CC)s1. The number of aromatic nitrogens is 1. The second-order valence-corrected chi connectivity index (χ2v) is 6.23. The summed E-state index contributed by atoms with van der Waals surface area (Å²) in [6, 6.07) is -0.0915. The fourth-order valence-corrected chi connectivity index (χ4v) is 3.34. The van der Waals surface area contributed by atoms with E-state index in [9.17, 15) is 9.59 Å². The number of imide groups is 1. The van der Waals surface area contributed by atoms with Gasteiger partial charge in [-0.15, -0.1) is 11.3 Å². The Labute approximate surface area is 128 Å². The second-order valence-electron chi connectivity index (χ2n) is 5.19. The van der Waals surface area contributed by atoms with E-state index in [4.69, 9.17) is 0 Å². The molecule has 1 aromatic rings. The van der Waals surface area contributed by atoms with E-state index in [1.54, 1.807) is 11.3 Å². The molecule has 116 valence electrons. The topological polar surface area (TPSA) is 74.3 Å². The maximum Gasteiger partial charge on any atom is 0.249 e. The molecule has 0 aliphatic carbocycles. The van der Waals surface area contributed by atoms with Crippen molar-refractivity contribution in [2.45, 2.75) is 45.7 Å².